The summed E-state index contributed by atoms with van der Waals surface area (Å²) >= 11 is 3.62. The fourth-order valence-electron chi connectivity index (χ4n) is 2.55. The van der Waals surface area contributed by atoms with Crippen molar-refractivity contribution in [2.45, 2.75) is 27.3 Å². The van der Waals surface area contributed by atoms with E-state index in [4.69, 9.17) is 10.5 Å². The Morgan fingerprint density at radius 1 is 1.30 bits per heavy atom. The molecule has 0 saturated heterocycles. The maximum Gasteiger partial charge on any atom is 0.124 e. The zero-order chi connectivity index (χ0) is 15.0. The predicted molar refractivity (Wildman–Crippen MR) is 85.0 cm³/mol. The molecule has 5 heteroatoms. The average molecular weight is 338 g/mol. The van der Waals surface area contributed by atoms with Crippen LogP contribution in [0.1, 0.15) is 22.4 Å². The van der Waals surface area contributed by atoms with Crippen LogP contribution in [0.3, 0.4) is 0 Å². The molecular formula is C15H20BrN3O. The Kier molecular flexibility index (Phi) is 4.20. The lowest BCUT2D eigenvalue weighted by molar-refractivity contribution is 0.408. The smallest absolute Gasteiger partial charge is 0.124 e. The molecule has 0 bridgehead atoms. The van der Waals surface area contributed by atoms with Crippen molar-refractivity contribution in [1.82, 2.24) is 9.78 Å². The zero-order valence-corrected chi connectivity index (χ0v) is 14.1. The molecular weight excluding hydrogens is 318 g/mol. The standard InChI is InChI=1S/C15H20BrN3O/c1-8-6-11(9(2)10(3)15(8)20-5)14-13(16)12(7-17)19(4)18-14/h6H,7,17H2,1-5H3. The van der Waals surface area contributed by atoms with Crippen LogP contribution < -0.4 is 10.5 Å². The highest BCUT2D eigenvalue weighted by atomic mass is 79.9. The molecule has 0 unspecified atom stereocenters. The Morgan fingerprint density at radius 2 is 1.95 bits per heavy atom. The van der Waals surface area contributed by atoms with Gasteiger partial charge in [0.05, 0.1) is 17.3 Å². The Balaban J connectivity index is 2.71. The number of hydrogen-bond donors (Lipinski definition) is 1. The summed E-state index contributed by atoms with van der Waals surface area (Å²) in [6.07, 6.45) is 0. The molecule has 0 saturated carbocycles. The summed E-state index contributed by atoms with van der Waals surface area (Å²) in [7, 11) is 3.62. The van der Waals surface area contributed by atoms with E-state index in [1.165, 1.54) is 5.56 Å². The molecule has 0 spiro atoms. The molecule has 0 atom stereocenters. The Labute approximate surface area is 128 Å². The molecule has 0 amide bonds. The van der Waals surface area contributed by atoms with Gasteiger partial charge < -0.3 is 10.5 Å². The molecule has 4 nitrogen and oxygen atoms in total. The summed E-state index contributed by atoms with van der Waals surface area (Å²) in [6, 6.07) is 2.12. The third-order valence-corrected chi connectivity index (χ3v) is 4.61. The topological polar surface area (TPSA) is 53.1 Å². The van der Waals surface area contributed by atoms with Gasteiger partial charge in [0.1, 0.15) is 11.4 Å². The number of halogens is 1. The van der Waals surface area contributed by atoms with Crippen LogP contribution in [0.15, 0.2) is 10.5 Å². The summed E-state index contributed by atoms with van der Waals surface area (Å²) in [6.45, 7) is 6.67. The second-order valence-corrected chi connectivity index (χ2v) is 5.75. The number of benzene rings is 1. The summed E-state index contributed by atoms with van der Waals surface area (Å²) in [5, 5.41) is 4.60. The van der Waals surface area contributed by atoms with Crippen LogP contribution in [0.25, 0.3) is 11.3 Å². The van der Waals surface area contributed by atoms with Crippen LogP contribution in [0.2, 0.25) is 0 Å². The van der Waals surface area contributed by atoms with Crippen molar-refractivity contribution in [2.75, 3.05) is 7.11 Å². The van der Waals surface area contributed by atoms with Gasteiger partial charge in [-0.25, -0.2) is 0 Å². The maximum atomic E-state index is 5.78. The highest BCUT2D eigenvalue weighted by Gasteiger charge is 2.19. The van der Waals surface area contributed by atoms with Gasteiger partial charge in [0.15, 0.2) is 0 Å². The summed E-state index contributed by atoms with van der Waals surface area (Å²) in [4.78, 5) is 0. The Bertz CT molecular complexity index is 662. The number of nitrogens with zero attached hydrogens (tertiary/aromatic N) is 2. The number of aromatic nitrogens is 2. The highest BCUT2D eigenvalue weighted by Crippen LogP contribution is 2.37. The first-order chi connectivity index (χ1) is 9.42. The Morgan fingerprint density at radius 3 is 2.45 bits per heavy atom. The van der Waals surface area contributed by atoms with Gasteiger partial charge in [-0.3, -0.25) is 4.68 Å². The largest absolute Gasteiger partial charge is 0.496 e. The minimum absolute atomic E-state index is 0.456. The van der Waals surface area contributed by atoms with Crippen molar-refractivity contribution >= 4 is 15.9 Å². The molecule has 1 aromatic heterocycles. The molecule has 20 heavy (non-hydrogen) atoms. The summed E-state index contributed by atoms with van der Waals surface area (Å²) in [5.41, 5.74) is 12.2. The van der Waals surface area contributed by atoms with Crippen LogP contribution in [-0.2, 0) is 13.6 Å². The van der Waals surface area contributed by atoms with Crippen molar-refractivity contribution in [3.63, 3.8) is 0 Å². The van der Waals surface area contributed by atoms with E-state index in [0.717, 1.165) is 38.3 Å². The van der Waals surface area contributed by atoms with Crippen molar-refractivity contribution in [3.8, 4) is 17.0 Å². The van der Waals surface area contributed by atoms with Gasteiger partial charge in [0, 0.05) is 19.2 Å². The molecule has 1 heterocycles. The molecule has 0 aliphatic carbocycles. The third-order valence-electron chi connectivity index (χ3n) is 3.78. The van der Waals surface area contributed by atoms with Crippen molar-refractivity contribution in [2.24, 2.45) is 12.8 Å². The molecule has 0 fully saturated rings. The fraction of sp³-hybridized carbons (Fsp3) is 0.400. The van der Waals surface area contributed by atoms with Gasteiger partial charge in [-0.2, -0.15) is 5.10 Å². The summed E-state index contributed by atoms with van der Waals surface area (Å²) in [5.74, 6) is 0.942. The lowest BCUT2D eigenvalue weighted by Gasteiger charge is -2.14. The van der Waals surface area contributed by atoms with Crippen LogP contribution in [-0.4, -0.2) is 16.9 Å². The molecule has 1 aromatic carbocycles. The second-order valence-electron chi connectivity index (χ2n) is 4.96. The van der Waals surface area contributed by atoms with Gasteiger partial charge in [-0.05, 0) is 59.5 Å². The summed E-state index contributed by atoms with van der Waals surface area (Å²) < 4.78 is 8.26. The van der Waals surface area contributed by atoms with Crippen LogP contribution >= 0.6 is 15.9 Å². The second kappa shape index (κ2) is 5.58. The van der Waals surface area contributed by atoms with Crippen molar-refractivity contribution < 1.29 is 4.74 Å². The minimum Gasteiger partial charge on any atom is -0.496 e. The number of ether oxygens (including phenoxy) is 1. The molecule has 108 valence electrons. The molecule has 2 N–H and O–H groups in total. The first-order valence-electron chi connectivity index (χ1n) is 6.48. The number of aryl methyl sites for hydroxylation is 2. The lowest BCUT2D eigenvalue weighted by Crippen LogP contribution is -2.04. The van der Waals surface area contributed by atoms with Crippen LogP contribution in [0, 0.1) is 20.8 Å². The van der Waals surface area contributed by atoms with E-state index in [2.05, 4.69) is 47.9 Å². The van der Waals surface area contributed by atoms with Crippen molar-refractivity contribution in [1.29, 1.82) is 0 Å². The SMILES string of the molecule is COc1c(C)cc(-c2nn(C)c(CN)c2Br)c(C)c1C. The van der Waals surface area contributed by atoms with Gasteiger partial charge >= 0.3 is 0 Å². The predicted octanol–water partition coefficient (Wildman–Crippen LogP) is 3.24. The minimum atomic E-state index is 0.456. The molecule has 2 rings (SSSR count). The highest BCUT2D eigenvalue weighted by molar-refractivity contribution is 9.10. The molecule has 2 aromatic rings. The van der Waals surface area contributed by atoms with Crippen LogP contribution in [0.5, 0.6) is 5.75 Å². The number of hydrogen-bond acceptors (Lipinski definition) is 3. The van der Waals surface area contributed by atoms with Gasteiger partial charge in [-0.15, -0.1) is 0 Å². The monoisotopic (exact) mass is 337 g/mol. The zero-order valence-electron chi connectivity index (χ0n) is 12.5. The van der Waals surface area contributed by atoms with Crippen molar-refractivity contribution in [3.05, 3.63) is 32.9 Å². The van der Waals surface area contributed by atoms with E-state index < -0.39 is 0 Å². The van der Waals surface area contributed by atoms with E-state index >= 15 is 0 Å². The first kappa shape index (κ1) is 15.1. The van der Waals surface area contributed by atoms with E-state index in [1.54, 1.807) is 7.11 Å². The van der Waals surface area contributed by atoms with Gasteiger partial charge in [0.2, 0.25) is 0 Å². The normalized spacial score (nSPS) is 10.9. The lowest BCUT2D eigenvalue weighted by atomic mass is 9.96. The average Bonchev–Trinajstić information content (AvgIpc) is 2.69. The number of rotatable bonds is 3. The quantitative estimate of drug-likeness (QED) is 0.935. The first-order valence-corrected chi connectivity index (χ1v) is 7.28. The Hall–Kier alpha value is -1.33. The maximum absolute atomic E-state index is 5.78. The molecule has 0 radical (unpaired) electrons. The third kappa shape index (κ3) is 2.25. The van der Waals surface area contributed by atoms with E-state index in [0.29, 0.717) is 6.54 Å². The van der Waals surface area contributed by atoms with Gasteiger partial charge in [-0.1, -0.05) is 0 Å². The number of nitrogens with two attached hydrogens (primary N) is 1. The van der Waals surface area contributed by atoms with E-state index in [-0.39, 0.29) is 0 Å². The molecule has 0 aliphatic rings. The fourth-order valence-corrected chi connectivity index (χ4v) is 3.26. The van der Waals surface area contributed by atoms with Gasteiger partial charge in [0.25, 0.3) is 0 Å². The van der Waals surface area contributed by atoms with Crippen LogP contribution in [0.4, 0.5) is 0 Å². The molecule has 0 aliphatic heterocycles. The van der Waals surface area contributed by atoms with E-state index in [1.807, 2.05) is 11.7 Å². The number of methoxy groups -OCH3 is 1. The van der Waals surface area contributed by atoms with E-state index in [9.17, 15) is 0 Å².